The molecule has 0 spiro atoms. The Hall–Kier alpha value is -1.61. The van der Waals surface area contributed by atoms with Gasteiger partial charge in [-0.05, 0) is 56.8 Å². The fourth-order valence-corrected chi connectivity index (χ4v) is 2.62. The van der Waals surface area contributed by atoms with Gasteiger partial charge in [0.2, 0.25) is 0 Å². The first-order valence-corrected chi connectivity index (χ1v) is 7.92. The lowest BCUT2D eigenvalue weighted by molar-refractivity contribution is 0.464. The van der Waals surface area contributed by atoms with Crippen molar-refractivity contribution >= 4 is 0 Å². The lowest BCUT2D eigenvalue weighted by atomic mass is 9.94. The lowest BCUT2D eigenvalue weighted by Crippen LogP contribution is -2.26. The van der Waals surface area contributed by atoms with Gasteiger partial charge in [0.05, 0.1) is 5.69 Å². The zero-order chi connectivity index (χ0) is 15.1. The van der Waals surface area contributed by atoms with Crippen molar-refractivity contribution in [2.24, 2.45) is 13.0 Å². The molecule has 21 heavy (non-hydrogen) atoms. The molecule has 1 heterocycles. The summed E-state index contributed by atoms with van der Waals surface area (Å²) in [5, 5.41) is 8.08. The number of aromatic nitrogens is 2. The van der Waals surface area contributed by atoms with E-state index in [4.69, 9.17) is 0 Å². The Bertz CT molecular complexity index is 528. The van der Waals surface area contributed by atoms with Crippen molar-refractivity contribution < 1.29 is 0 Å². The van der Waals surface area contributed by atoms with Gasteiger partial charge in [-0.15, -0.1) is 0 Å². The third-order valence-corrected chi connectivity index (χ3v) is 3.77. The number of hydrogen-bond donors (Lipinski definition) is 1. The molecule has 0 aliphatic heterocycles. The van der Waals surface area contributed by atoms with Crippen LogP contribution in [0.3, 0.4) is 0 Å². The summed E-state index contributed by atoms with van der Waals surface area (Å²) in [5.74, 6) is 0.592. The Balaban J connectivity index is 1.98. The van der Waals surface area contributed by atoms with Crippen molar-refractivity contribution in [3.63, 3.8) is 0 Å². The van der Waals surface area contributed by atoms with Crippen LogP contribution in [0.5, 0.6) is 0 Å². The Morgan fingerprint density at radius 3 is 2.52 bits per heavy atom. The molecular formula is C18H27N3. The first-order chi connectivity index (χ1) is 10.2. The second-order valence-electron chi connectivity index (χ2n) is 5.94. The van der Waals surface area contributed by atoms with Crippen molar-refractivity contribution in [1.29, 1.82) is 0 Å². The fourth-order valence-electron chi connectivity index (χ4n) is 2.62. The van der Waals surface area contributed by atoms with E-state index in [1.807, 2.05) is 17.9 Å². The lowest BCUT2D eigenvalue weighted by Gasteiger charge is -2.17. The second-order valence-corrected chi connectivity index (χ2v) is 5.94. The highest BCUT2D eigenvalue weighted by atomic mass is 15.2. The van der Waals surface area contributed by atoms with E-state index in [9.17, 15) is 0 Å². The molecule has 1 unspecified atom stereocenters. The van der Waals surface area contributed by atoms with Crippen LogP contribution in [0.1, 0.15) is 30.2 Å². The number of nitrogens with zero attached hydrogens (tertiary/aromatic N) is 2. The van der Waals surface area contributed by atoms with E-state index >= 15 is 0 Å². The molecule has 1 atom stereocenters. The van der Waals surface area contributed by atoms with Crippen molar-refractivity contribution in [3.05, 3.63) is 53.3 Å². The van der Waals surface area contributed by atoms with Crippen LogP contribution < -0.4 is 5.32 Å². The van der Waals surface area contributed by atoms with E-state index in [2.05, 4.69) is 54.6 Å². The van der Waals surface area contributed by atoms with E-state index in [1.54, 1.807) is 0 Å². The SMILES string of the molecule is CCCNCC(Cc1ccc(C)cc1)Cc1ccn(C)n1. The minimum atomic E-state index is 0.592. The molecular weight excluding hydrogens is 258 g/mol. The van der Waals surface area contributed by atoms with Gasteiger partial charge in [0.25, 0.3) is 0 Å². The highest BCUT2D eigenvalue weighted by Gasteiger charge is 2.12. The number of aryl methyl sites for hydroxylation is 2. The Labute approximate surface area is 128 Å². The fraction of sp³-hybridized carbons (Fsp3) is 0.500. The summed E-state index contributed by atoms with van der Waals surface area (Å²) in [5.41, 5.74) is 3.93. The van der Waals surface area contributed by atoms with E-state index < -0.39 is 0 Å². The summed E-state index contributed by atoms with van der Waals surface area (Å²) in [6.07, 6.45) is 5.34. The van der Waals surface area contributed by atoms with Crippen molar-refractivity contribution in [2.75, 3.05) is 13.1 Å². The Morgan fingerprint density at radius 1 is 1.14 bits per heavy atom. The highest BCUT2D eigenvalue weighted by Crippen LogP contribution is 2.14. The van der Waals surface area contributed by atoms with E-state index in [0.29, 0.717) is 5.92 Å². The van der Waals surface area contributed by atoms with Gasteiger partial charge in [0, 0.05) is 13.2 Å². The average Bonchev–Trinajstić information content (AvgIpc) is 2.87. The molecule has 0 fully saturated rings. The summed E-state index contributed by atoms with van der Waals surface area (Å²) >= 11 is 0. The highest BCUT2D eigenvalue weighted by molar-refractivity contribution is 5.22. The van der Waals surface area contributed by atoms with Crippen LogP contribution in [-0.2, 0) is 19.9 Å². The standard InChI is InChI=1S/C18H27N3/c1-4-10-19-14-17(13-18-9-11-21(3)20-18)12-16-7-5-15(2)6-8-16/h5-9,11,17,19H,4,10,12-14H2,1-3H3. The first-order valence-electron chi connectivity index (χ1n) is 7.92. The van der Waals surface area contributed by atoms with E-state index in [0.717, 1.165) is 25.9 Å². The zero-order valence-electron chi connectivity index (χ0n) is 13.5. The molecule has 114 valence electrons. The molecule has 0 aliphatic carbocycles. The topological polar surface area (TPSA) is 29.9 Å². The summed E-state index contributed by atoms with van der Waals surface area (Å²) in [4.78, 5) is 0. The summed E-state index contributed by atoms with van der Waals surface area (Å²) in [6, 6.07) is 11.0. The van der Waals surface area contributed by atoms with Crippen LogP contribution in [0.2, 0.25) is 0 Å². The minimum absolute atomic E-state index is 0.592. The van der Waals surface area contributed by atoms with Gasteiger partial charge in [-0.3, -0.25) is 4.68 Å². The van der Waals surface area contributed by atoms with E-state index in [-0.39, 0.29) is 0 Å². The molecule has 0 saturated carbocycles. The van der Waals surface area contributed by atoms with Crippen molar-refractivity contribution in [3.8, 4) is 0 Å². The first kappa shape index (κ1) is 15.8. The van der Waals surface area contributed by atoms with Gasteiger partial charge < -0.3 is 5.32 Å². The number of rotatable bonds is 8. The van der Waals surface area contributed by atoms with Crippen molar-refractivity contribution in [2.45, 2.75) is 33.1 Å². The molecule has 0 radical (unpaired) electrons. The summed E-state index contributed by atoms with van der Waals surface area (Å²) in [7, 11) is 1.98. The maximum atomic E-state index is 4.52. The van der Waals surface area contributed by atoms with Gasteiger partial charge in [0.1, 0.15) is 0 Å². The Morgan fingerprint density at radius 2 is 1.90 bits per heavy atom. The summed E-state index contributed by atoms with van der Waals surface area (Å²) in [6.45, 7) is 6.49. The molecule has 0 aliphatic rings. The molecule has 3 nitrogen and oxygen atoms in total. The maximum Gasteiger partial charge on any atom is 0.0627 e. The molecule has 0 bridgehead atoms. The predicted octanol–water partition coefficient (Wildman–Crippen LogP) is 3.13. The normalized spacial score (nSPS) is 12.5. The molecule has 2 rings (SSSR count). The Kier molecular flexibility index (Phi) is 6.00. The predicted molar refractivity (Wildman–Crippen MR) is 88.4 cm³/mol. The van der Waals surface area contributed by atoms with Crippen LogP contribution >= 0.6 is 0 Å². The smallest absolute Gasteiger partial charge is 0.0627 e. The molecule has 1 N–H and O–H groups in total. The summed E-state index contributed by atoms with van der Waals surface area (Å²) < 4.78 is 1.89. The van der Waals surface area contributed by atoms with Gasteiger partial charge in [0.15, 0.2) is 0 Å². The van der Waals surface area contributed by atoms with Crippen molar-refractivity contribution in [1.82, 2.24) is 15.1 Å². The van der Waals surface area contributed by atoms with Crippen LogP contribution in [0.25, 0.3) is 0 Å². The molecule has 1 aromatic carbocycles. The molecule has 1 aromatic heterocycles. The molecule has 0 saturated heterocycles. The van der Waals surface area contributed by atoms with Gasteiger partial charge >= 0.3 is 0 Å². The quantitative estimate of drug-likeness (QED) is 0.755. The van der Waals surface area contributed by atoms with Crippen LogP contribution in [0, 0.1) is 12.8 Å². The molecule has 3 heteroatoms. The monoisotopic (exact) mass is 285 g/mol. The van der Waals surface area contributed by atoms with E-state index in [1.165, 1.54) is 23.2 Å². The third-order valence-electron chi connectivity index (χ3n) is 3.77. The molecule has 0 amide bonds. The average molecular weight is 285 g/mol. The third kappa shape index (κ3) is 5.35. The number of benzene rings is 1. The second kappa shape index (κ2) is 7.99. The van der Waals surface area contributed by atoms with Gasteiger partial charge in [-0.2, -0.15) is 5.10 Å². The zero-order valence-corrected chi connectivity index (χ0v) is 13.5. The van der Waals surface area contributed by atoms with Crippen LogP contribution in [0.15, 0.2) is 36.5 Å². The maximum absolute atomic E-state index is 4.52. The van der Waals surface area contributed by atoms with Crippen LogP contribution in [-0.4, -0.2) is 22.9 Å². The number of nitrogens with one attached hydrogen (secondary N) is 1. The largest absolute Gasteiger partial charge is 0.316 e. The van der Waals surface area contributed by atoms with Gasteiger partial charge in [-0.25, -0.2) is 0 Å². The molecule has 2 aromatic rings. The van der Waals surface area contributed by atoms with Crippen LogP contribution in [0.4, 0.5) is 0 Å². The van der Waals surface area contributed by atoms with Gasteiger partial charge in [-0.1, -0.05) is 36.8 Å². The minimum Gasteiger partial charge on any atom is -0.316 e. The number of hydrogen-bond acceptors (Lipinski definition) is 2.